The van der Waals surface area contributed by atoms with Gasteiger partial charge in [-0.2, -0.15) is 0 Å². The normalized spacial score (nSPS) is 17.3. The molecule has 21 heavy (non-hydrogen) atoms. The number of aliphatic hydroxyl groups is 1. The minimum absolute atomic E-state index is 0.130. The number of nitrogens with one attached hydrogen (secondary N) is 1. The fourth-order valence-corrected chi connectivity index (χ4v) is 3.25. The Bertz CT molecular complexity index is 498. The molecule has 1 aromatic carbocycles. The zero-order valence-corrected chi connectivity index (χ0v) is 13.9. The van der Waals surface area contributed by atoms with Crippen molar-refractivity contribution >= 4 is 21.8 Å². The van der Waals surface area contributed by atoms with Crippen LogP contribution in [-0.4, -0.2) is 31.3 Å². The average molecular weight is 356 g/mol. The number of benzene rings is 1. The maximum absolute atomic E-state index is 12.3. The van der Waals surface area contributed by atoms with Crippen LogP contribution in [0.4, 0.5) is 0 Å². The van der Waals surface area contributed by atoms with E-state index in [4.69, 9.17) is 4.74 Å². The first kappa shape index (κ1) is 16.3. The van der Waals surface area contributed by atoms with Gasteiger partial charge >= 0.3 is 0 Å². The second kappa shape index (κ2) is 7.27. The summed E-state index contributed by atoms with van der Waals surface area (Å²) in [7, 11) is 1.55. The molecule has 0 unspecified atom stereocenters. The molecule has 5 heteroatoms. The van der Waals surface area contributed by atoms with Gasteiger partial charge in [0.05, 0.1) is 19.3 Å². The molecule has 116 valence electrons. The standard InChI is InChI=1S/C16H22BrNO3/c1-21-14-9-12(17)5-6-13(14)15(20)18-10-16(11-19)7-3-2-4-8-16/h5-6,9,19H,2-4,7-8,10-11H2,1H3,(H,18,20). The number of carbonyl (C=O) groups excluding carboxylic acids is 1. The molecule has 0 saturated heterocycles. The molecule has 1 aliphatic carbocycles. The lowest BCUT2D eigenvalue weighted by Crippen LogP contribution is -2.41. The van der Waals surface area contributed by atoms with Crippen molar-refractivity contribution in [3.8, 4) is 5.75 Å². The van der Waals surface area contributed by atoms with Crippen LogP contribution in [0, 0.1) is 5.41 Å². The van der Waals surface area contributed by atoms with Crippen LogP contribution in [0.1, 0.15) is 42.5 Å². The molecule has 1 aromatic rings. The summed E-state index contributed by atoms with van der Waals surface area (Å²) >= 11 is 3.36. The van der Waals surface area contributed by atoms with Gasteiger partial charge in [-0.15, -0.1) is 0 Å². The van der Waals surface area contributed by atoms with E-state index in [0.717, 1.165) is 30.2 Å². The molecule has 4 nitrogen and oxygen atoms in total. The number of hydrogen-bond acceptors (Lipinski definition) is 3. The van der Waals surface area contributed by atoms with Gasteiger partial charge < -0.3 is 15.2 Å². The van der Waals surface area contributed by atoms with Crippen LogP contribution in [0.15, 0.2) is 22.7 Å². The van der Waals surface area contributed by atoms with Crippen LogP contribution in [-0.2, 0) is 0 Å². The number of aliphatic hydroxyl groups excluding tert-OH is 1. The van der Waals surface area contributed by atoms with Crippen LogP contribution in [0.3, 0.4) is 0 Å². The minimum atomic E-state index is -0.156. The van der Waals surface area contributed by atoms with Gasteiger partial charge in [0.15, 0.2) is 0 Å². The Morgan fingerprint density at radius 2 is 2.10 bits per heavy atom. The van der Waals surface area contributed by atoms with E-state index in [1.807, 2.05) is 6.07 Å². The van der Waals surface area contributed by atoms with Crippen molar-refractivity contribution in [2.24, 2.45) is 5.41 Å². The molecule has 2 N–H and O–H groups in total. The van der Waals surface area contributed by atoms with E-state index in [-0.39, 0.29) is 17.9 Å². The number of halogens is 1. The van der Waals surface area contributed by atoms with E-state index in [9.17, 15) is 9.90 Å². The summed E-state index contributed by atoms with van der Waals surface area (Å²) in [6.45, 7) is 0.645. The lowest BCUT2D eigenvalue weighted by atomic mass is 9.74. The highest BCUT2D eigenvalue weighted by molar-refractivity contribution is 9.10. The van der Waals surface area contributed by atoms with Gasteiger partial charge in [-0.1, -0.05) is 35.2 Å². The largest absolute Gasteiger partial charge is 0.496 e. The monoisotopic (exact) mass is 355 g/mol. The van der Waals surface area contributed by atoms with E-state index >= 15 is 0 Å². The second-order valence-electron chi connectivity index (χ2n) is 5.75. The summed E-state index contributed by atoms with van der Waals surface area (Å²) in [6.07, 6.45) is 5.41. The Morgan fingerprint density at radius 3 is 2.71 bits per heavy atom. The molecule has 1 fully saturated rings. The van der Waals surface area contributed by atoms with Crippen molar-refractivity contribution in [2.75, 3.05) is 20.3 Å². The first-order chi connectivity index (χ1) is 10.1. The number of ether oxygens (including phenoxy) is 1. The third kappa shape index (κ3) is 3.98. The van der Waals surface area contributed by atoms with Crippen LogP contribution in [0.2, 0.25) is 0 Å². The van der Waals surface area contributed by atoms with Crippen LogP contribution in [0.5, 0.6) is 5.75 Å². The maximum atomic E-state index is 12.3. The van der Waals surface area contributed by atoms with Crippen LogP contribution in [0.25, 0.3) is 0 Å². The molecule has 1 amide bonds. The third-order valence-corrected chi connectivity index (χ3v) is 4.78. The van der Waals surface area contributed by atoms with Crippen molar-refractivity contribution < 1.29 is 14.6 Å². The van der Waals surface area contributed by atoms with Gasteiger partial charge in [-0.05, 0) is 31.0 Å². The predicted octanol–water partition coefficient (Wildman–Crippen LogP) is 3.13. The van der Waals surface area contributed by atoms with Gasteiger partial charge in [0.2, 0.25) is 0 Å². The molecular weight excluding hydrogens is 334 g/mol. The maximum Gasteiger partial charge on any atom is 0.255 e. The molecule has 1 saturated carbocycles. The summed E-state index contributed by atoms with van der Waals surface area (Å²) in [4.78, 5) is 12.3. The fourth-order valence-electron chi connectivity index (χ4n) is 2.91. The van der Waals surface area contributed by atoms with E-state index in [1.54, 1.807) is 19.2 Å². The average Bonchev–Trinajstić information content (AvgIpc) is 2.53. The number of hydrogen-bond donors (Lipinski definition) is 2. The molecule has 2 rings (SSSR count). The summed E-state index contributed by atoms with van der Waals surface area (Å²) in [5, 5.41) is 12.6. The van der Waals surface area contributed by atoms with E-state index in [2.05, 4.69) is 21.2 Å². The van der Waals surface area contributed by atoms with Gasteiger partial charge in [-0.25, -0.2) is 0 Å². The zero-order chi connectivity index (χ0) is 15.3. The molecule has 1 aliphatic rings. The molecule has 0 atom stereocenters. The van der Waals surface area contributed by atoms with Crippen molar-refractivity contribution in [3.05, 3.63) is 28.2 Å². The van der Waals surface area contributed by atoms with Gasteiger partial charge in [0.1, 0.15) is 5.75 Å². The SMILES string of the molecule is COc1cc(Br)ccc1C(=O)NCC1(CO)CCCCC1. The first-order valence-electron chi connectivity index (χ1n) is 7.33. The first-order valence-corrected chi connectivity index (χ1v) is 8.12. The highest BCUT2D eigenvalue weighted by Crippen LogP contribution is 2.35. The number of amides is 1. The van der Waals surface area contributed by atoms with E-state index < -0.39 is 0 Å². The van der Waals surface area contributed by atoms with Crippen LogP contribution >= 0.6 is 15.9 Å². The lowest BCUT2D eigenvalue weighted by molar-refractivity contribution is 0.0716. The summed E-state index contributed by atoms with van der Waals surface area (Å²) in [5.74, 6) is 0.390. The number of methoxy groups -OCH3 is 1. The van der Waals surface area contributed by atoms with Crippen molar-refractivity contribution in [3.63, 3.8) is 0 Å². The van der Waals surface area contributed by atoms with Gasteiger partial charge in [0.25, 0.3) is 5.91 Å². The Labute approximate surface area is 134 Å². The van der Waals surface area contributed by atoms with E-state index in [0.29, 0.717) is 17.9 Å². The highest BCUT2D eigenvalue weighted by atomic mass is 79.9. The Balaban J connectivity index is 2.04. The summed E-state index contributed by atoms with van der Waals surface area (Å²) in [6, 6.07) is 5.34. The molecule has 0 spiro atoms. The fraction of sp³-hybridized carbons (Fsp3) is 0.562. The Kier molecular flexibility index (Phi) is 5.65. The molecule has 0 aliphatic heterocycles. The lowest BCUT2D eigenvalue weighted by Gasteiger charge is -2.35. The summed E-state index contributed by atoms with van der Waals surface area (Å²) in [5.41, 5.74) is 0.362. The molecule has 0 aromatic heterocycles. The van der Waals surface area contributed by atoms with Gasteiger partial charge in [0, 0.05) is 16.4 Å². The molecular formula is C16H22BrNO3. The smallest absolute Gasteiger partial charge is 0.255 e. The Morgan fingerprint density at radius 1 is 1.38 bits per heavy atom. The second-order valence-corrected chi connectivity index (χ2v) is 6.66. The highest BCUT2D eigenvalue weighted by Gasteiger charge is 2.32. The predicted molar refractivity (Wildman–Crippen MR) is 85.6 cm³/mol. The number of rotatable bonds is 5. The van der Waals surface area contributed by atoms with Crippen molar-refractivity contribution in [1.82, 2.24) is 5.32 Å². The van der Waals surface area contributed by atoms with Crippen LogP contribution < -0.4 is 10.1 Å². The zero-order valence-electron chi connectivity index (χ0n) is 12.3. The Hall–Kier alpha value is -1.07. The van der Waals surface area contributed by atoms with Crippen molar-refractivity contribution in [2.45, 2.75) is 32.1 Å². The summed E-state index contributed by atoms with van der Waals surface area (Å²) < 4.78 is 6.12. The quantitative estimate of drug-likeness (QED) is 0.852. The molecule has 0 radical (unpaired) electrons. The minimum Gasteiger partial charge on any atom is -0.496 e. The molecule has 0 bridgehead atoms. The van der Waals surface area contributed by atoms with Crippen molar-refractivity contribution in [1.29, 1.82) is 0 Å². The molecule has 0 heterocycles. The third-order valence-electron chi connectivity index (χ3n) is 4.28. The number of carbonyl (C=O) groups is 1. The van der Waals surface area contributed by atoms with Gasteiger partial charge in [-0.3, -0.25) is 4.79 Å². The topological polar surface area (TPSA) is 58.6 Å². The van der Waals surface area contributed by atoms with E-state index in [1.165, 1.54) is 6.42 Å².